The molecule has 6 heteroatoms. The minimum atomic E-state index is -0.470. The van der Waals surface area contributed by atoms with Gasteiger partial charge in [0.25, 0.3) is 0 Å². The fourth-order valence-electron chi connectivity index (χ4n) is 2.00. The third-order valence-electron chi connectivity index (χ3n) is 2.98. The van der Waals surface area contributed by atoms with E-state index in [9.17, 15) is 4.79 Å². The van der Waals surface area contributed by atoms with Gasteiger partial charge in [0.2, 0.25) is 5.76 Å². The molecule has 0 aliphatic rings. The first kappa shape index (κ1) is 14.7. The first-order chi connectivity index (χ1) is 9.44. The van der Waals surface area contributed by atoms with Gasteiger partial charge in [0.1, 0.15) is 10.8 Å². The Bertz CT molecular complexity index is 575. The smallest absolute Gasteiger partial charge is 0.373 e. The maximum Gasteiger partial charge on any atom is 0.373 e. The van der Waals surface area contributed by atoms with Crippen LogP contribution in [0.2, 0.25) is 0 Å². The molecular weight excluding hydrogens is 276 g/mol. The molecule has 0 fully saturated rings. The van der Waals surface area contributed by atoms with Gasteiger partial charge in [-0.3, -0.25) is 5.32 Å². The molecule has 0 radical (unpaired) electrons. The molecule has 0 aliphatic heterocycles. The Labute approximate surface area is 122 Å². The summed E-state index contributed by atoms with van der Waals surface area (Å²) in [5, 5.41) is 6.40. The van der Waals surface area contributed by atoms with Crippen molar-refractivity contribution >= 4 is 17.3 Å². The number of nitrogens with zero attached hydrogens (tertiary/aromatic N) is 1. The molecule has 20 heavy (non-hydrogen) atoms. The van der Waals surface area contributed by atoms with Crippen molar-refractivity contribution in [1.82, 2.24) is 10.3 Å². The zero-order valence-electron chi connectivity index (χ0n) is 12.0. The van der Waals surface area contributed by atoms with Gasteiger partial charge in [-0.15, -0.1) is 11.3 Å². The molecule has 0 spiro atoms. The molecule has 2 aromatic heterocycles. The fourth-order valence-corrected chi connectivity index (χ4v) is 2.73. The number of ether oxygens (including phenoxy) is 1. The van der Waals surface area contributed by atoms with Gasteiger partial charge in [0, 0.05) is 11.6 Å². The number of methoxy groups -OCH3 is 1. The first-order valence-electron chi connectivity index (χ1n) is 6.30. The number of rotatable bonds is 5. The van der Waals surface area contributed by atoms with Gasteiger partial charge in [0.05, 0.1) is 18.7 Å². The van der Waals surface area contributed by atoms with Crippen LogP contribution >= 0.6 is 11.3 Å². The van der Waals surface area contributed by atoms with Crippen LogP contribution in [0.1, 0.15) is 48.1 Å². The van der Waals surface area contributed by atoms with E-state index in [1.165, 1.54) is 7.11 Å². The van der Waals surface area contributed by atoms with Crippen LogP contribution in [0.4, 0.5) is 0 Å². The zero-order chi connectivity index (χ0) is 14.8. The van der Waals surface area contributed by atoms with Crippen LogP contribution in [0.15, 0.2) is 28.1 Å². The van der Waals surface area contributed by atoms with E-state index in [4.69, 9.17) is 4.42 Å². The predicted molar refractivity (Wildman–Crippen MR) is 76.7 cm³/mol. The minimum absolute atomic E-state index is 0.0488. The quantitative estimate of drug-likeness (QED) is 0.858. The average Bonchev–Trinajstić information content (AvgIpc) is 3.08. The number of nitrogens with one attached hydrogen (secondary N) is 1. The molecule has 1 atom stereocenters. The molecule has 1 N–H and O–H groups in total. The Hall–Kier alpha value is -1.66. The molecular formula is C14H18N2O3S. The van der Waals surface area contributed by atoms with Gasteiger partial charge >= 0.3 is 5.97 Å². The summed E-state index contributed by atoms with van der Waals surface area (Å²) in [5.74, 6) is 0.431. The number of thiazole rings is 1. The second-order valence-electron chi connectivity index (χ2n) is 5.02. The van der Waals surface area contributed by atoms with E-state index in [2.05, 4.69) is 28.9 Å². The summed E-state index contributed by atoms with van der Waals surface area (Å²) in [6, 6.07) is 3.35. The highest BCUT2D eigenvalue weighted by Gasteiger charge is 2.27. The fraction of sp³-hybridized carbons (Fsp3) is 0.429. The number of carbonyl (C=O) groups excluding carboxylic acids is 1. The number of esters is 1. The Balaban J connectivity index is 2.10. The predicted octanol–water partition coefficient (Wildman–Crippen LogP) is 3.11. The van der Waals surface area contributed by atoms with Crippen molar-refractivity contribution in [3.63, 3.8) is 0 Å². The molecule has 0 aromatic carbocycles. The largest absolute Gasteiger partial charge is 0.463 e. The molecule has 2 heterocycles. The van der Waals surface area contributed by atoms with Crippen LogP contribution in [0.25, 0.3) is 0 Å². The Morgan fingerprint density at radius 3 is 2.85 bits per heavy atom. The zero-order valence-corrected chi connectivity index (χ0v) is 12.8. The summed E-state index contributed by atoms with van der Waals surface area (Å²) in [6.45, 7) is 6.11. The van der Waals surface area contributed by atoms with Crippen LogP contribution in [-0.4, -0.2) is 18.1 Å². The van der Waals surface area contributed by atoms with Crippen molar-refractivity contribution in [1.29, 1.82) is 0 Å². The van der Waals surface area contributed by atoms with E-state index in [0.717, 1.165) is 5.01 Å². The SMILES string of the molecule is COC(=O)c1ccc(C(C)NC(C)(C)c2nccs2)o1. The minimum Gasteiger partial charge on any atom is -0.463 e. The van der Waals surface area contributed by atoms with Gasteiger partial charge in [0.15, 0.2) is 0 Å². The van der Waals surface area contributed by atoms with Crippen LogP contribution in [-0.2, 0) is 10.3 Å². The molecule has 0 bridgehead atoms. The van der Waals surface area contributed by atoms with Crippen LogP contribution in [0.5, 0.6) is 0 Å². The average molecular weight is 294 g/mol. The van der Waals surface area contributed by atoms with Gasteiger partial charge in [-0.1, -0.05) is 0 Å². The molecule has 2 rings (SSSR count). The van der Waals surface area contributed by atoms with Crippen LogP contribution in [0, 0.1) is 0 Å². The van der Waals surface area contributed by atoms with E-state index < -0.39 is 5.97 Å². The number of aromatic nitrogens is 1. The highest BCUT2D eigenvalue weighted by Crippen LogP contribution is 2.27. The van der Waals surface area contributed by atoms with Gasteiger partial charge < -0.3 is 9.15 Å². The van der Waals surface area contributed by atoms with Crippen molar-refractivity contribution in [2.75, 3.05) is 7.11 Å². The number of hydrogen-bond acceptors (Lipinski definition) is 6. The van der Waals surface area contributed by atoms with E-state index in [0.29, 0.717) is 5.76 Å². The van der Waals surface area contributed by atoms with Crippen molar-refractivity contribution in [2.45, 2.75) is 32.4 Å². The maximum atomic E-state index is 11.4. The van der Waals surface area contributed by atoms with E-state index in [1.54, 1.807) is 29.7 Å². The second kappa shape index (κ2) is 5.76. The molecule has 2 aromatic rings. The lowest BCUT2D eigenvalue weighted by Gasteiger charge is -2.27. The molecule has 1 unspecified atom stereocenters. The lowest BCUT2D eigenvalue weighted by Crippen LogP contribution is -2.38. The maximum absolute atomic E-state index is 11.4. The molecule has 0 amide bonds. The van der Waals surface area contributed by atoms with Crippen molar-refractivity contribution in [2.24, 2.45) is 0 Å². The van der Waals surface area contributed by atoms with Crippen LogP contribution < -0.4 is 5.32 Å². The van der Waals surface area contributed by atoms with Crippen molar-refractivity contribution < 1.29 is 13.9 Å². The molecule has 108 valence electrons. The lowest BCUT2D eigenvalue weighted by atomic mass is 10.0. The standard InChI is InChI=1S/C14H18N2O3S/c1-9(10-5-6-11(19-10)12(17)18-4)16-14(2,3)13-15-7-8-20-13/h5-9,16H,1-4H3. The van der Waals surface area contributed by atoms with Crippen LogP contribution in [0.3, 0.4) is 0 Å². The third kappa shape index (κ3) is 3.08. The summed E-state index contributed by atoms with van der Waals surface area (Å²) < 4.78 is 10.1. The molecule has 0 saturated heterocycles. The van der Waals surface area contributed by atoms with E-state index in [1.807, 2.05) is 12.3 Å². The normalized spacial score (nSPS) is 13.2. The monoisotopic (exact) mass is 294 g/mol. The molecule has 0 aliphatic carbocycles. The number of furan rings is 1. The Morgan fingerprint density at radius 2 is 2.25 bits per heavy atom. The van der Waals surface area contributed by atoms with Gasteiger partial charge in [-0.05, 0) is 32.9 Å². The van der Waals surface area contributed by atoms with Crippen molar-refractivity contribution in [3.8, 4) is 0 Å². The molecule has 5 nitrogen and oxygen atoms in total. The highest BCUT2D eigenvalue weighted by molar-refractivity contribution is 7.09. The summed E-state index contributed by atoms with van der Waals surface area (Å²) in [7, 11) is 1.33. The van der Waals surface area contributed by atoms with E-state index in [-0.39, 0.29) is 17.3 Å². The summed E-state index contributed by atoms with van der Waals surface area (Å²) >= 11 is 1.60. The lowest BCUT2D eigenvalue weighted by molar-refractivity contribution is 0.0562. The Morgan fingerprint density at radius 1 is 1.50 bits per heavy atom. The Kier molecular flexibility index (Phi) is 4.25. The number of carbonyl (C=O) groups is 1. The molecule has 0 saturated carbocycles. The van der Waals surface area contributed by atoms with Gasteiger partial charge in [-0.2, -0.15) is 0 Å². The summed E-state index contributed by atoms with van der Waals surface area (Å²) in [5.41, 5.74) is -0.272. The highest BCUT2D eigenvalue weighted by atomic mass is 32.1. The third-order valence-corrected chi connectivity index (χ3v) is 4.08. The number of hydrogen-bond donors (Lipinski definition) is 1. The topological polar surface area (TPSA) is 64.4 Å². The first-order valence-corrected chi connectivity index (χ1v) is 7.17. The van der Waals surface area contributed by atoms with Gasteiger partial charge in [-0.25, -0.2) is 9.78 Å². The second-order valence-corrected chi connectivity index (χ2v) is 5.92. The summed E-state index contributed by atoms with van der Waals surface area (Å²) in [6.07, 6.45) is 1.79. The van der Waals surface area contributed by atoms with E-state index >= 15 is 0 Å². The van der Waals surface area contributed by atoms with Crippen molar-refractivity contribution in [3.05, 3.63) is 40.2 Å². The summed E-state index contributed by atoms with van der Waals surface area (Å²) in [4.78, 5) is 15.7.